The lowest BCUT2D eigenvalue weighted by Crippen LogP contribution is -2.11. The highest BCUT2D eigenvalue weighted by Gasteiger charge is 2.15. The quantitative estimate of drug-likeness (QED) is 0.359. The van der Waals surface area contributed by atoms with Gasteiger partial charge in [-0.05, 0) is 79.2 Å². The van der Waals surface area contributed by atoms with Gasteiger partial charge in [-0.25, -0.2) is 4.98 Å². The summed E-state index contributed by atoms with van der Waals surface area (Å²) in [4.78, 5) is 21.3. The van der Waals surface area contributed by atoms with E-state index in [2.05, 4.69) is 15.3 Å². The molecule has 3 heterocycles. The van der Waals surface area contributed by atoms with E-state index in [-0.39, 0.29) is 11.7 Å². The molecule has 0 aliphatic rings. The molecule has 0 spiro atoms. The number of anilines is 1. The van der Waals surface area contributed by atoms with Crippen LogP contribution in [-0.2, 0) is 0 Å². The molecule has 0 bridgehead atoms. The van der Waals surface area contributed by atoms with E-state index >= 15 is 0 Å². The lowest BCUT2D eigenvalue weighted by atomic mass is 10.1. The maximum absolute atomic E-state index is 12.7. The minimum atomic E-state index is -0.331. The second-order valence-electron chi connectivity index (χ2n) is 7.00. The van der Waals surface area contributed by atoms with Crippen molar-refractivity contribution >= 4 is 34.4 Å². The van der Waals surface area contributed by atoms with Crippen LogP contribution in [0, 0.1) is 6.92 Å². The fraction of sp³-hybridized carbons (Fsp3) is 0.0417. The van der Waals surface area contributed by atoms with Crippen molar-refractivity contribution in [3.05, 3.63) is 89.3 Å². The van der Waals surface area contributed by atoms with Crippen molar-refractivity contribution in [2.45, 2.75) is 6.92 Å². The standard InChI is InChI=1S/C24H16ClN3O3/c1-14-13-16(24-28-22-20(31-24)3-2-12-26-22)6-9-18(14)27-23(29)21-11-10-19(30-21)15-4-7-17(25)8-5-15/h2-13H,1H3,(H,27,29). The maximum atomic E-state index is 12.7. The fourth-order valence-corrected chi connectivity index (χ4v) is 3.37. The number of carbonyl (C=O) groups excluding carboxylic acids is 1. The normalized spacial score (nSPS) is 11.0. The minimum absolute atomic E-state index is 0.221. The number of aryl methyl sites for hydroxylation is 1. The number of hydrogen-bond acceptors (Lipinski definition) is 5. The number of rotatable bonds is 4. The molecule has 6 nitrogen and oxygen atoms in total. The zero-order valence-electron chi connectivity index (χ0n) is 16.4. The van der Waals surface area contributed by atoms with E-state index in [4.69, 9.17) is 20.4 Å². The number of benzene rings is 2. The molecule has 0 unspecified atom stereocenters. The van der Waals surface area contributed by atoms with Crippen LogP contribution in [0.1, 0.15) is 16.1 Å². The lowest BCUT2D eigenvalue weighted by molar-refractivity contribution is 0.0997. The highest BCUT2D eigenvalue weighted by atomic mass is 35.5. The minimum Gasteiger partial charge on any atom is -0.451 e. The number of nitrogens with one attached hydrogen (secondary N) is 1. The smallest absolute Gasteiger partial charge is 0.291 e. The van der Waals surface area contributed by atoms with Crippen LogP contribution >= 0.6 is 11.6 Å². The van der Waals surface area contributed by atoms with Crippen LogP contribution < -0.4 is 5.32 Å². The topological polar surface area (TPSA) is 81.2 Å². The number of carbonyl (C=O) groups is 1. The van der Waals surface area contributed by atoms with E-state index in [0.717, 1.165) is 16.7 Å². The number of pyridine rings is 1. The highest BCUT2D eigenvalue weighted by molar-refractivity contribution is 6.30. The first-order valence-electron chi connectivity index (χ1n) is 9.56. The summed E-state index contributed by atoms with van der Waals surface area (Å²) in [5.41, 5.74) is 4.37. The Hall–Kier alpha value is -3.90. The van der Waals surface area contributed by atoms with Gasteiger partial charge < -0.3 is 14.2 Å². The Morgan fingerprint density at radius 2 is 1.77 bits per heavy atom. The summed E-state index contributed by atoms with van der Waals surface area (Å²) in [6.07, 6.45) is 1.67. The van der Waals surface area contributed by atoms with Gasteiger partial charge in [0, 0.05) is 28.0 Å². The van der Waals surface area contributed by atoms with Gasteiger partial charge in [-0.3, -0.25) is 4.79 Å². The van der Waals surface area contributed by atoms with Crippen LogP contribution in [0.2, 0.25) is 5.02 Å². The molecular formula is C24H16ClN3O3. The van der Waals surface area contributed by atoms with Crippen LogP contribution in [0.4, 0.5) is 5.69 Å². The summed E-state index contributed by atoms with van der Waals surface area (Å²) >= 11 is 5.92. The number of oxazole rings is 1. The van der Waals surface area contributed by atoms with E-state index < -0.39 is 0 Å². The predicted octanol–water partition coefficient (Wildman–Crippen LogP) is 6.36. The third kappa shape index (κ3) is 3.81. The van der Waals surface area contributed by atoms with Crippen LogP contribution in [0.5, 0.6) is 0 Å². The van der Waals surface area contributed by atoms with Gasteiger partial charge in [0.15, 0.2) is 17.0 Å². The van der Waals surface area contributed by atoms with Crippen molar-refractivity contribution in [1.82, 2.24) is 9.97 Å². The van der Waals surface area contributed by atoms with Crippen molar-refractivity contribution in [2.24, 2.45) is 0 Å². The molecular weight excluding hydrogens is 414 g/mol. The summed E-state index contributed by atoms with van der Waals surface area (Å²) in [6, 6.07) is 19.8. The fourth-order valence-electron chi connectivity index (χ4n) is 3.24. The Balaban J connectivity index is 1.35. The van der Waals surface area contributed by atoms with Crippen molar-refractivity contribution in [3.8, 4) is 22.8 Å². The van der Waals surface area contributed by atoms with Gasteiger partial charge in [-0.15, -0.1) is 0 Å². The van der Waals surface area contributed by atoms with E-state index in [0.29, 0.717) is 33.6 Å². The van der Waals surface area contributed by atoms with Gasteiger partial charge in [0.1, 0.15) is 5.76 Å². The Bertz CT molecular complexity index is 1370. The number of nitrogens with zero attached hydrogens (tertiary/aromatic N) is 2. The lowest BCUT2D eigenvalue weighted by Gasteiger charge is -2.08. The van der Waals surface area contributed by atoms with Gasteiger partial charge in [-0.1, -0.05) is 11.6 Å². The Labute approximate surface area is 182 Å². The van der Waals surface area contributed by atoms with Crippen LogP contribution in [0.3, 0.4) is 0 Å². The Morgan fingerprint density at radius 1 is 0.968 bits per heavy atom. The van der Waals surface area contributed by atoms with Gasteiger partial charge in [0.2, 0.25) is 5.89 Å². The first-order chi connectivity index (χ1) is 15.1. The van der Waals surface area contributed by atoms with Crippen LogP contribution in [-0.4, -0.2) is 15.9 Å². The number of halogens is 1. The van der Waals surface area contributed by atoms with Gasteiger partial charge in [0.05, 0.1) is 0 Å². The summed E-state index contributed by atoms with van der Waals surface area (Å²) in [5, 5.41) is 3.53. The van der Waals surface area contributed by atoms with Crippen molar-refractivity contribution < 1.29 is 13.6 Å². The number of aromatic nitrogens is 2. The van der Waals surface area contributed by atoms with E-state index in [9.17, 15) is 4.79 Å². The molecule has 2 aromatic carbocycles. The third-order valence-corrected chi connectivity index (χ3v) is 5.10. The Kier molecular flexibility index (Phi) is 4.76. The molecule has 3 aromatic heterocycles. The third-order valence-electron chi connectivity index (χ3n) is 4.85. The second kappa shape index (κ2) is 7.74. The number of furan rings is 1. The van der Waals surface area contributed by atoms with E-state index in [1.165, 1.54) is 0 Å². The average molecular weight is 430 g/mol. The molecule has 1 amide bonds. The van der Waals surface area contributed by atoms with Gasteiger partial charge in [0.25, 0.3) is 5.91 Å². The number of hydrogen-bond donors (Lipinski definition) is 1. The molecule has 5 rings (SSSR count). The second-order valence-corrected chi connectivity index (χ2v) is 7.44. The molecule has 0 fully saturated rings. The molecule has 0 atom stereocenters. The molecule has 0 aliphatic carbocycles. The van der Waals surface area contributed by atoms with Crippen LogP contribution in [0.25, 0.3) is 34.0 Å². The number of amides is 1. The zero-order valence-corrected chi connectivity index (χ0v) is 17.2. The molecule has 31 heavy (non-hydrogen) atoms. The molecule has 152 valence electrons. The molecule has 0 saturated heterocycles. The summed E-state index contributed by atoms with van der Waals surface area (Å²) in [7, 11) is 0. The average Bonchev–Trinajstić information content (AvgIpc) is 3.43. The van der Waals surface area contributed by atoms with Crippen molar-refractivity contribution in [2.75, 3.05) is 5.32 Å². The van der Waals surface area contributed by atoms with Crippen molar-refractivity contribution in [1.29, 1.82) is 0 Å². The van der Waals surface area contributed by atoms with Gasteiger partial charge >= 0.3 is 0 Å². The summed E-state index contributed by atoms with van der Waals surface area (Å²) in [5.74, 6) is 0.965. The van der Waals surface area contributed by atoms with Gasteiger partial charge in [-0.2, -0.15) is 4.98 Å². The number of fused-ring (bicyclic) bond motifs is 1. The molecule has 0 saturated carbocycles. The van der Waals surface area contributed by atoms with Crippen LogP contribution in [0.15, 0.2) is 81.8 Å². The molecule has 0 radical (unpaired) electrons. The SMILES string of the molecule is Cc1cc(-c2nc3ncccc3o2)ccc1NC(=O)c1ccc(-c2ccc(Cl)cc2)o1. The summed E-state index contributed by atoms with van der Waals surface area (Å²) < 4.78 is 11.5. The largest absolute Gasteiger partial charge is 0.451 e. The maximum Gasteiger partial charge on any atom is 0.291 e. The Morgan fingerprint density at radius 3 is 2.55 bits per heavy atom. The highest BCUT2D eigenvalue weighted by Crippen LogP contribution is 2.28. The molecule has 5 aromatic rings. The van der Waals surface area contributed by atoms with E-state index in [1.807, 2.05) is 43.3 Å². The molecule has 7 heteroatoms. The first-order valence-corrected chi connectivity index (χ1v) is 9.94. The summed E-state index contributed by atoms with van der Waals surface area (Å²) in [6.45, 7) is 1.90. The first kappa shape index (κ1) is 19.1. The predicted molar refractivity (Wildman–Crippen MR) is 119 cm³/mol. The molecule has 0 aliphatic heterocycles. The van der Waals surface area contributed by atoms with Crippen molar-refractivity contribution in [3.63, 3.8) is 0 Å². The molecule has 1 N–H and O–H groups in total. The monoisotopic (exact) mass is 429 g/mol. The van der Waals surface area contributed by atoms with E-state index in [1.54, 1.807) is 36.5 Å². The zero-order chi connectivity index (χ0) is 21.4.